The molecule has 5 N–H and O–H groups in total. The van der Waals surface area contributed by atoms with Gasteiger partial charge in [-0.15, -0.1) is 16.9 Å². The van der Waals surface area contributed by atoms with Crippen molar-refractivity contribution in [3.8, 4) is 5.75 Å². The van der Waals surface area contributed by atoms with Crippen LogP contribution in [0.15, 0.2) is 38.6 Å². The molecule has 226 valence electrons. The van der Waals surface area contributed by atoms with Crippen molar-refractivity contribution >= 4 is 63.7 Å². The number of aromatic hydroxyl groups is 1. The summed E-state index contributed by atoms with van der Waals surface area (Å²) < 4.78 is 6.50. The number of tetrazole rings is 1. The highest BCUT2D eigenvalue weighted by Gasteiger charge is 2.54. The second-order valence-corrected chi connectivity index (χ2v) is 11.5. The molecule has 2 aliphatic heterocycles. The normalized spacial score (nSPS) is 18.2. The van der Waals surface area contributed by atoms with E-state index in [1.807, 2.05) is 0 Å². The van der Waals surface area contributed by atoms with Gasteiger partial charge in [0.1, 0.15) is 31.3 Å². The Hall–Kier alpha value is -4.70. The number of carbonyl (C=O) groups excluding carboxylic acids is 2. The van der Waals surface area contributed by atoms with Crippen LogP contribution in [0.2, 0.25) is 0 Å². The lowest BCUT2D eigenvalue weighted by Gasteiger charge is -2.49. The maximum atomic E-state index is 13.1. The average Bonchev–Trinajstić information content (AvgIpc) is 3.62. The van der Waals surface area contributed by atoms with E-state index in [0.29, 0.717) is 16.4 Å². The maximum Gasteiger partial charge on any atom is 0.352 e. The summed E-state index contributed by atoms with van der Waals surface area (Å²) in [5, 5.41) is 37.1. The minimum Gasteiger partial charge on any atom is -0.503 e. The number of nitrogens with two attached hydrogens (primary N) is 1. The van der Waals surface area contributed by atoms with E-state index in [4.69, 9.17) is 15.4 Å². The summed E-state index contributed by atoms with van der Waals surface area (Å²) in [6.45, 7) is 0.00369. The number of carbonyl (C=O) groups is 3. The minimum absolute atomic E-state index is 0.00369. The fourth-order valence-electron chi connectivity index (χ4n) is 4.15. The Morgan fingerprint density at radius 2 is 2.12 bits per heavy atom. The summed E-state index contributed by atoms with van der Waals surface area (Å²) in [5.74, 6) is -2.94. The summed E-state index contributed by atoms with van der Waals surface area (Å²) in [5.41, 5.74) is 5.27. The van der Waals surface area contributed by atoms with Gasteiger partial charge in [-0.3, -0.25) is 19.3 Å². The number of fused-ring (bicyclic) bond motifs is 1. The Labute approximate surface area is 252 Å². The molecule has 2 atom stereocenters. The van der Waals surface area contributed by atoms with E-state index < -0.39 is 40.4 Å². The lowest BCUT2D eigenvalue weighted by Crippen LogP contribution is -2.71. The first-order valence-electron chi connectivity index (χ1n) is 11.9. The zero-order valence-electron chi connectivity index (χ0n) is 22.1. The Balaban J connectivity index is 1.30. The number of hydrogen-bond acceptors (Lipinski definition) is 17. The number of hydrogen-bond donors (Lipinski definition) is 4. The second kappa shape index (κ2) is 12.3. The number of pyridine rings is 1. The number of aromatic nitrogens is 7. The third-order valence-electron chi connectivity index (χ3n) is 6.04. The Morgan fingerprint density at radius 3 is 2.79 bits per heavy atom. The van der Waals surface area contributed by atoms with Gasteiger partial charge in [-0.2, -0.15) is 14.1 Å². The highest BCUT2D eigenvalue weighted by molar-refractivity contribution is 8.01. The first-order chi connectivity index (χ1) is 20.6. The van der Waals surface area contributed by atoms with Crippen LogP contribution in [-0.2, 0) is 25.8 Å². The molecular weight excluding hydrogens is 631 g/mol. The van der Waals surface area contributed by atoms with Gasteiger partial charge < -0.3 is 30.9 Å². The summed E-state index contributed by atoms with van der Waals surface area (Å²) in [4.78, 5) is 65.1. The SMILES string of the molecule is CO/N=C(\C(=O)N[C@@H]1C(=O)N2C(C(=O)O)=C(CSc3nnnn3Cc3cc(=O)c(O)cn3OC)CS[C@@H]12)c1nsc(N)n1. The first kappa shape index (κ1) is 29.8. The number of anilines is 1. The third-order valence-corrected chi connectivity index (χ3v) is 8.97. The van der Waals surface area contributed by atoms with Gasteiger partial charge in [0, 0.05) is 29.1 Å². The molecule has 0 aromatic carbocycles. The van der Waals surface area contributed by atoms with E-state index in [0.717, 1.165) is 34.4 Å². The van der Waals surface area contributed by atoms with Crippen molar-refractivity contribution in [3.05, 3.63) is 45.3 Å². The van der Waals surface area contributed by atoms with Crippen LogP contribution in [0.5, 0.6) is 5.75 Å². The summed E-state index contributed by atoms with van der Waals surface area (Å²) in [7, 11) is 2.58. The van der Waals surface area contributed by atoms with Crippen molar-refractivity contribution in [3.63, 3.8) is 0 Å². The second-order valence-electron chi connectivity index (χ2n) is 8.63. The summed E-state index contributed by atoms with van der Waals surface area (Å²) >= 11 is 3.25. The Kier molecular flexibility index (Phi) is 8.50. The first-order valence-corrected chi connectivity index (χ1v) is 14.7. The van der Waals surface area contributed by atoms with Crippen molar-refractivity contribution in [2.45, 2.75) is 23.1 Å². The molecule has 0 saturated carbocycles. The molecule has 22 heteroatoms. The number of oxime groups is 1. The number of carboxylic acids is 1. The van der Waals surface area contributed by atoms with Gasteiger partial charge >= 0.3 is 5.97 Å². The van der Waals surface area contributed by atoms with Gasteiger partial charge in [0.15, 0.2) is 10.9 Å². The lowest BCUT2D eigenvalue weighted by molar-refractivity contribution is -0.150. The Morgan fingerprint density at radius 1 is 1.33 bits per heavy atom. The molecule has 0 unspecified atom stereocenters. The number of nitrogen functional groups attached to an aromatic ring is 1. The molecule has 19 nitrogen and oxygen atoms in total. The zero-order valence-corrected chi connectivity index (χ0v) is 24.6. The molecule has 2 aliphatic rings. The van der Waals surface area contributed by atoms with Crippen molar-refractivity contribution in [2.24, 2.45) is 5.16 Å². The van der Waals surface area contributed by atoms with Crippen LogP contribution in [0.25, 0.3) is 0 Å². The molecule has 0 spiro atoms. The number of amides is 2. The number of nitrogens with zero attached hydrogens (tertiary/aromatic N) is 9. The predicted molar refractivity (Wildman–Crippen MR) is 150 cm³/mol. The number of carboxylic acid groups (broad SMARTS) is 1. The number of aliphatic carboxylic acids is 1. The van der Waals surface area contributed by atoms with Crippen LogP contribution in [-0.4, -0.2) is 110 Å². The smallest absolute Gasteiger partial charge is 0.352 e. The average molecular weight is 652 g/mol. The van der Waals surface area contributed by atoms with Crippen molar-refractivity contribution < 1.29 is 34.3 Å². The number of nitrogens with one attached hydrogen (secondary N) is 1. The van der Waals surface area contributed by atoms with Gasteiger partial charge in [-0.05, 0) is 16.0 Å². The molecule has 2 amide bonds. The van der Waals surface area contributed by atoms with Crippen molar-refractivity contribution in [1.29, 1.82) is 0 Å². The summed E-state index contributed by atoms with van der Waals surface area (Å²) in [6.07, 6.45) is 1.12. The standard InChI is InChI=1S/C21H21N11O8S3/c1-39-26-12(15-24-20(22)43-27-15)16(35)23-13-17(36)32-14(19(37)38)8(6-41-18(13)32)7-42-21-25-28-29-30(21)4-9-3-10(33)11(34)5-31(9)40-2/h3,5,13,18,34H,4,6-7H2,1-2H3,(H,23,35)(H,37,38)(H2,22,24,27)/b26-12-/t13-,18+/m1/s1. The summed E-state index contributed by atoms with van der Waals surface area (Å²) in [6, 6.07) is 0.144. The molecule has 1 saturated heterocycles. The van der Waals surface area contributed by atoms with Gasteiger partial charge in [0.25, 0.3) is 11.8 Å². The molecule has 5 rings (SSSR count). The number of rotatable bonds is 11. The highest BCUT2D eigenvalue weighted by atomic mass is 32.2. The van der Waals surface area contributed by atoms with Crippen LogP contribution in [0.4, 0.5) is 5.13 Å². The molecule has 0 radical (unpaired) electrons. The molecule has 0 bridgehead atoms. The van der Waals surface area contributed by atoms with E-state index in [1.165, 1.54) is 41.5 Å². The van der Waals surface area contributed by atoms with Gasteiger partial charge in [-0.25, -0.2) is 9.48 Å². The van der Waals surface area contributed by atoms with Crippen LogP contribution in [0.3, 0.4) is 0 Å². The number of thioether (sulfide) groups is 2. The monoisotopic (exact) mass is 651 g/mol. The minimum atomic E-state index is -1.31. The molecule has 3 aromatic heterocycles. The van der Waals surface area contributed by atoms with Crippen molar-refractivity contribution in [2.75, 3.05) is 31.5 Å². The van der Waals surface area contributed by atoms with Crippen LogP contribution in [0.1, 0.15) is 11.5 Å². The molecule has 1 fully saturated rings. The van der Waals surface area contributed by atoms with E-state index in [1.54, 1.807) is 0 Å². The number of β-lactam (4-membered cyclic amide) rings is 1. The van der Waals surface area contributed by atoms with E-state index in [-0.39, 0.29) is 40.4 Å². The molecule has 5 heterocycles. The Bertz CT molecular complexity index is 1720. The van der Waals surface area contributed by atoms with Crippen molar-refractivity contribution in [1.82, 2.24) is 44.5 Å². The quantitative estimate of drug-likeness (QED) is 0.0754. The van der Waals surface area contributed by atoms with E-state index >= 15 is 0 Å². The molecule has 43 heavy (non-hydrogen) atoms. The highest BCUT2D eigenvalue weighted by Crippen LogP contribution is 2.41. The lowest BCUT2D eigenvalue weighted by atomic mass is 10.0. The molecular formula is C21H21N11O8S3. The molecule has 3 aromatic rings. The fraction of sp³-hybridized carbons (Fsp3) is 0.333. The van der Waals surface area contributed by atoms with Gasteiger partial charge in [0.2, 0.25) is 22.1 Å². The predicted octanol–water partition coefficient (Wildman–Crippen LogP) is -2.04. The topological polar surface area (TPSA) is 255 Å². The van der Waals surface area contributed by atoms with Gasteiger partial charge in [0.05, 0.1) is 18.4 Å². The molecule has 0 aliphatic carbocycles. The third kappa shape index (κ3) is 5.83. The van der Waals surface area contributed by atoms with Crippen LogP contribution < -0.4 is 21.3 Å². The van der Waals surface area contributed by atoms with Gasteiger partial charge in [-0.1, -0.05) is 16.9 Å². The largest absolute Gasteiger partial charge is 0.503 e. The zero-order chi connectivity index (χ0) is 30.8. The van der Waals surface area contributed by atoms with Crippen LogP contribution >= 0.6 is 35.1 Å². The fourth-order valence-corrected chi connectivity index (χ4v) is 6.94. The van der Waals surface area contributed by atoms with E-state index in [9.17, 15) is 29.4 Å². The maximum absolute atomic E-state index is 13.1. The van der Waals surface area contributed by atoms with Crippen LogP contribution in [0, 0.1) is 0 Å². The van der Waals surface area contributed by atoms with E-state index in [2.05, 4.69) is 35.4 Å².